The van der Waals surface area contributed by atoms with Crippen molar-refractivity contribution < 1.29 is 0 Å². The summed E-state index contributed by atoms with van der Waals surface area (Å²) in [6.45, 7) is 14.3. The van der Waals surface area contributed by atoms with E-state index in [1.807, 2.05) is 0 Å². The first-order valence-corrected chi connectivity index (χ1v) is 11.1. The zero-order valence-electron chi connectivity index (χ0n) is 16.7. The average molecular weight is 372 g/mol. The molecular weight excluding hydrogens is 338 g/mol. The summed E-state index contributed by atoms with van der Waals surface area (Å²) in [4.78, 5) is 6.47. The molecule has 3 nitrogen and oxygen atoms in total. The third-order valence-corrected chi connectivity index (χ3v) is 7.75. The summed E-state index contributed by atoms with van der Waals surface area (Å²) in [5, 5.41) is 2.17. The molecule has 0 atom stereocenters. The molecule has 142 valence electrons. The van der Waals surface area contributed by atoms with E-state index in [0.29, 0.717) is 5.92 Å². The molecule has 1 aromatic heterocycles. The molecule has 0 unspecified atom stereocenters. The molecule has 0 radical (unpaired) electrons. The summed E-state index contributed by atoms with van der Waals surface area (Å²) in [7, 11) is 0. The Morgan fingerprint density at radius 2 is 1.85 bits per heavy atom. The van der Waals surface area contributed by atoms with Gasteiger partial charge in [0.2, 0.25) is 0 Å². The first-order chi connectivity index (χ1) is 12.4. The van der Waals surface area contributed by atoms with Crippen LogP contribution in [0.3, 0.4) is 0 Å². The minimum absolute atomic E-state index is 0.0552. The highest BCUT2D eigenvalue weighted by molar-refractivity contribution is 7.97. The van der Waals surface area contributed by atoms with Gasteiger partial charge in [0.15, 0.2) is 0 Å². The van der Waals surface area contributed by atoms with Crippen LogP contribution in [0.5, 0.6) is 0 Å². The third-order valence-electron chi connectivity index (χ3n) is 6.32. The number of nitrogens with zero attached hydrogens (tertiary/aromatic N) is 2. The fourth-order valence-electron chi connectivity index (χ4n) is 4.28. The highest BCUT2D eigenvalue weighted by Crippen LogP contribution is 2.37. The standard InChI is InChI=1S/C22H33N3S/c1-16(2)19-8-5-7-17-15-20(23-21(17)19)22(3,4)24-13-9-18(10-14-24)26-25-11-6-12-25/h5,7-8,15-16,18,23H,6,9-14H2,1-4H3. The minimum atomic E-state index is 0.0552. The van der Waals surface area contributed by atoms with Crippen molar-refractivity contribution in [2.45, 2.75) is 63.7 Å². The molecule has 4 rings (SSSR count). The Balaban J connectivity index is 1.49. The van der Waals surface area contributed by atoms with E-state index in [4.69, 9.17) is 0 Å². The second-order valence-electron chi connectivity index (χ2n) is 8.78. The first-order valence-electron chi connectivity index (χ1n) is 10.2. The van der Waals surface area contributed by atoms with Crippen molar-refractivity contribution in [3.8, 4) is 0 Å². The molecule has 2 aliphatic heterocycles. The third kappa shape index (κ3) is 3.44. The summed E-state index contributed by atoms with van der Waals surface area (Å²) in [5.41, 5.74) is 4.16. The van der Waals surface area contributed by atoms with Crippen LogP contribution in [0.1, 0.15) is 64.1 Å². The summed E-state index contributed by atoms with van der Waals surface area (Å²) in [5.74, 6) is 0.544. The van der Waals surface area contributed by atoms with Crippen molar-refractivity contribution in [1.82, 2.24) is 14.2 Å². The van der Waals surface area contributed by atoms with Gasteiger partial charge in [0, 0.05) is 48.0 Å². The monoisotopic (exact) mass is 371 g/mol. The summed E-state index contributed by atoms with van der Waals surface area (Å²) < 4.78 is 2.55. The number of benzene rings is 1. The van der Waals surface area contributed by atoms with Gasteiger partial charge in [-0.05, 0) is 50.7 Å². The van der Waals surface area contributed by atoms with E-state index < -0.39 is 0 Å². The first kappa shape index (κ1) is 18.4. The SMILES string of the molecule is CC(C)c1cccc2cc(C(C)(C)N3CCC(SN4CCC4)CC3)[nH]c12. The number of H-pyrrole nitrogens is 1. The van der Waals surface area contributed by atoms with Gasteiger partial charge in [-0.15, -0.1) is 0 Å². The lowest BCUT2D eigenvalue weighted by Gasteiger charge is -2.43. The fourth-order valence-corrected chi connectivity index (χ4v) is 5.60. The Bertz CT molecular complexity index is 752. The number of hydrogen-bond acceptors (Lipinski definition) is 3. The van der Waals surface area contributed by atoms with Gasteiger partial charge < -0.3 is 4.98 Å². The largest absolute Gasteiger partial charge is 0.357 e. The molecule has 2 fully saturated rings. The van der Waals surface area contributed by atoms with Crippen molar-refractivity contribution in [3.05, 3.63) is 35.5 Å². The summed E-state index contributed by atoms with van der Waals surface area (Å²) in [6.07, 6.45) is 4.00. The number of piperidine rings is 1. The van der Waals surface area contributed by atoms with Crippen LogP contribution in [0, 0.1) is 0 Å². The van der Waals surface area contributed by atoms with E-state index in [0.717, 1.165) is 5.25 Å². The number of likely N-dealkylation sites (tertiary alicyclic amines) is 1. The molecule has 0 amide bonds. The van der Waals surface area contributed by atoms with Crippen molar-refractivity contribution in [2.75, 3.05) is 26.2 Å². The Labute approximate surface area is 162 Å². The lowest BCUT2D eigenvalue weighted by molar-refractivity contribution is 0.0929. The van der Waals surface area contributed by atoms with E-state index in [9.17, 15) is 0 Å². The molecule has 0 bridgehead atoms. The molecule has 2 aromatic rings. The van der Waals surface area contributed by atoms with Crippen molar-refractivity contribution >= 4 is 22.9 Å². The number of aromatic nitrogens is 1. The quantitative estimate of drug-likeness (QED) is 0.717. The molecule has 26 heavy (non-hydrogen) atoms. The Hall–Kier alpha value is -0.970. The van der Waals surface area contributed by atoms with Gasteiger partial charge in [-0.2, -0.15) is 0 Å². The van der Waals surface area contributed by atoms with E-state index in [-0.39, 0.29) is 5.54 Å². The zero-order chi connectivity index (χ0) is 18.3. The number of rotatable bonds is 5. The van der Waals surface area contributed by atoms with Crippen molar-refractivity contribution in [2.24, 2.45) is 0 Å². The van der Waals surface area contributed by atoms with Crippen LogP contribution in [0.4, 0.5) is 0 Å². The van der Waals surface area contributed by atoms with Crippen molar-refractivity contribution in [3.63, 3.8) is 0 Å². The van der Waals surface area contributed by atoms with E-state index in [2.05, 4.69) is 78.1 Å². The predicted octanol–water partition coefficient (Wildman–Crippen LogP) is 5.34. The highest BCUT2D eigenvalue weighted by Gasteiger charge is 2.34. The predicted molar refractivity (Wildman–Crippen MR) is 114 cm³/mol. The van der Waals surface area contributed by atoms with Crippen LogP contribution in [0.2, 0.25) is 0 Å². The van der Waals surface area contributed by atoms with Gasteiger partial charge >= 0.3 is 0 Å². The van der Waals surface area contributed by atoms with Crippen LogP contribution in [0.25, 0.3) is 10.9 Å². The molecular formula is C22H33N3S. The second kappa shape index (κ2) is 7.21. The Morgan fingerprint density at radius 1 is 1.12 bits per heavy atom. The lowest BCUT2D eigenvalue weighted by Crippen LogP contribution is -2.47. The number of hydrogen-bond donors (Lipinski definition) is 1. The molecule has 4 heteroatoms. The van der Waals surface area contributed by atoms with Crippen LogP contribution < -0.4 is 0 Å². The number of nitrogens with one attached hydrogen (secondary N) is 1. The maximum atomic E-state index is 3.79. The van der Waals surface area contributed by atoms with E-state index in [1.165, 1.54) is 67.6 Å². The van der Waals surface area contributed by atoms with Crippen molar-refractivity contribution in [1.29, 1.82) is 0 Å². The van der Waals surface area contributed by atoms with Gasteiger partial charge in [-0.25, -0.2) is 0 Å². The highest BCUT2D eigenvalue weighted by atomic mass is 32.2. The average Bonchev–Trinajstić information content (AvgIpc) is 3.03. The molecule has 1 N–H and O–H groups in total. The molecule has 0 saturated carbocycles. The normalized spacial score (nSPS) is 20.8. The Kier molecular flexibility index (Phi) is 5.10. The zero-order valence-corrected chi connectivity index (χ0v) is 17.5. The van der Waals surface area contributed by atoms with Crippen LogP contribution >= 0.6 is 11.9 Å². The van der Waals surface area contributed by atoms with Crippen LogP contribution in [-0.2, 0) is 5.54 Å². The maximum absolute atomic E-state index is 3.79. The van der Waals surface area contributed by atoms with Gasteiger partial charge in [0.1, 0.15) is 0 Å². The topological polar surface area (TPSA) is 22.3 Å². The number of fused-ring (bicyclic) bond motifs is 1. The van der Waals surface area contributed by atoms with Gasteiger partial charge in [0.05, 0.1) is 5.54 Å². The van der Waals surface area contributed by atoms with Gasteiger partial charge in [-0.3, -0.25) is 9.21 Å². The molecule has 0 spiro atoms. The molecule has 2 aliphatic rings. The van der Waals surface area contributed by atoms with Crippen LogP contribution in [0.15, 0.2) is 24.3 Å². The van der Waals surface area contributed by atoms with Gasteiger partial charge in [-0.1, -0.05) is 44.0 Å². The molecule has 1 aromatic carbocycles. The summed E-state index contributed by atoms with van der Waals surface area (Å²) >= 11 is 2.12. The maximum Gasteiger partial charge on any atom is 0.0554 e. The smallest absolute Gasteiger partial charge is 0.0554 e. The van der Waals surface area contributed by atoms with Gasteiger partial charge in [0.25, 0.3) is 0 Å². The van der Waals surface area contributed by atoms with Crippen LogP contribution in [-0.4, -0.2) is 45.6 Å². The number of para-hydroxylation sites is 1. The molecule has 0 aliphatic carbocycles. The number of aromatic amines is 1. The minimum Gasteiger partial charge on any atom is -0.357 e. The Morgan fingerprint density at radius 3 is 2.46 bits per heavy atom. The molecule has 3 heterocycles. The van der Waals surface area contributed by atoms with E-state index in [1.54, 1.807) is 0 Å². The second-order valence-corrected chi connectivity index (χ2v) is 10.2. The molecule has 2 saturated heterocycles. The summed E-state index contributed by atoms with van der Waals surface area (Å²) in [6, 6.07) is 9.08. The fraction of sp³-hybridized carbons (Fsp3) is 0.636. The van der Waals surface area contributed by atoms with E-state index >= 15 is 0 Å². The lowest BCUT2D eigenvalue weighted by atomic mass is 9.94.